The van der Waals surface area contributed by atoms with E-state index in [-0.39, 0.29) is 5.41 Å². The molecule has 2 aliphatic carbocycles. The molecule has 0 saturated heterocycles. The molecule has 2 fully saturated rings. The van der Waals surface area contributed by atoms with Crippen molar-refractivity contribution in [3.8, 4) is 0 Å². The van der Waals surface area contributed by atoms with Crippen LogP contribution in [0.2, 0.25) is 5.02 Å². The van der Waals surface area contributed by atoms with Crippen LogP contribution in [0.1, 0.15) is 31.2 Å². The van der Waals surface area contributed by atoms with Gasteiger partial charge < -0.3 is 5.11 Å². The molecule has 92 valence electrons. The number of aliphatic hydroxyl groups is 1. The minimum atomic E-state index is 0.163. The quantitative estimate of drug-likeness (QED) is 0.868. The van der Waals surface area contributed by atoms with Crippen LogP contribution in [0.25, 0.3) is 0 Å². The van der Waals surface area contributed by atoms with Gasteiger partial charge >= 0.3 is 0 Å². The molecular formula is C15H19ClO. The maximum absolute atomic E-state index is 9.83. The molecule has 1 N–H and O–H groups in total. The summed E-state index contributed by atoms with van der Waals surface area (Å²) in [4.78, 5) is 0. The van der Waals surface area contributed by atoms with Crippen molar-refractivity contribution < 1.29 is 5.11 Å². The molecule has 0 aliphatic heterocycles. The SMILES string of the molecule is OCC1(Cc2ccc(Cl)cc2)CC2CCC1C2. The van der Waals surface area contributed by atoms with E-state index in [2.05, 4.69) is 12.1 Å². The molecule has 0 radical (unpaired) electrons. The summed E-state index contributed by atoms with van der Waals surface area (Å²) >= 11 is 5.91. The predicted molar refractivity (Wildman–Crippen MR) is 70.1 cm³/mol. The Morgan fingerprint density at radius 3 is 2.53 bits per heavy atom. The van der Waals surface area contributed by atoms with Gasteiger partial charge in [0.2, 0.25) is 0 Å². The zero-order valence-corrected chi connectivity index (χ0v) is 10.8. The monoisotopic (exact) mass is 250 g/mol. The first kappa shape index (κ1) is 11.6. The van der Waals surface area contributed by atoms with Crippen LogP contribution < -0.4 is 0 Å². The maximum Gasteiger partial charge on any atom is 0.0493 e. The summed E-state index contributed by atoms with van der Waals surface area (Å²) in [6.07, 6.45) is 6.28. The highest BCUT2D eigenvalue weighted by Gasteiger charge is 2.50. The Morgan fingerprint density at radius 1 is 1.24 bits per heavy atom. The van der Waals surface area contributed by atoms with Crippen molar-refractivity contribution in [3.05, 3.63) is 34.9 Å². The van der Waals surface area contributed by atoms with Crippen LogP contribution in [-0.2, 0) is 6.42 Å². The Hall–Kier alpha value is -0.530. The van der Waals surface area contributed by atoms with Crippen LogP contribution in [0.5, 0.6) is 0 Å². The normalized spacial score (nSPS) is 35.4. The standard InChI is InChI=1S/C15H19ClO/c16-14-5-2-11(3-6-14)8-15(10-17)9-12-1-4-13(15)7-12/h2-3,5-6,12-13,17H,1,4,7-10H2. The lowest BCUT2D eigenvalue weighted by molar-refractivity contribution is 0.0651. The highest BCUT2D eigenvalue weighted by atomic mass is 35.5. The highest BCUT2D eigenvalue weighted by Crippen LogP contribution is 2.57. The van der Waals surface area contributed by atoms with Crippen molar-refractivity contribution in [2.45, 2.75) is 32.1 Å². The first-order valence-electron chi connectivity index (χ1n) is 6.57. The Kier molecular flexibility index (Phi) is 2.92. The number of fused-ring (bicyclic) bond motifs is 2. The second-order valence-corrected chi connectivity index (χ2v) is 6.34. The Morgan fingerprint density at radius 2 is 2.00 bits per heavy atom. The van der Waals surface area contributed by atoms with Crippen molar-refractivity contribution in [3.63, 3.8) is 0 Å². The molecule has 2 heteroatoms. The Bertz CT molecular complexity index is 400. The Balaban J connectivity index is 1.80. The third-order valence-electron chi connectivity index (χ3n) is 4.89. The van der Waals surface area contributed by atoms with Gasteiger partial charge in [-0.1, -0.05) is 30.2 Å². The molecule has 1 aromatic carbocycles. The molecule has 0 spiro atoms. The molecule has 1 aromatic rings. The van der Waals surface area contributed by atoms with Crippen molar-refractivity contribution in [2.24, 2.45) is 17.3 Å². The fourth-order valence-corrected chi connectivity index (χ4v) is 4.16. The van der Waals surface area contributed by atoms with E-state index >= 15 is 0 Å². The van der Waals surface area contributed by atoms with Gasteiger partial charge in [0.05, 0.1) is 0 Å². The maximum atomic E-state index is 9.83. The minimum Gasteiger partial charge on any atom is -0.396 e. The fraction of sp³-hybridized carbons (Fsp3) is 0.600. The van der Waals surface area contributed by atoms with Gasteiger partial charge in [-0.2, -0.15) is 0 Å². The molecule has 17 heavy (non-hydrogen) atoms. The van der Waals surface area contributed by atoms with Gasteiger partial charge in [0.25, 0.3) is 0 Å². The zero-order valence-electron chi connectivity index (χ0n) is 10.0. The number of benzene rings is 1. The molecule has 3 rings (SSSR count). The van der Waals surface area contributed by atoms with Crippen LogP contribution in [0.3, 0.4) is 0 Å². The summed E-state index contributed by atoms with van der Waals surface area (Å²) in [6.45, 7) is 0.344. The molecule has 0 amide bonds. The second-order valence-electron chi connectivity index (χ2n) is 5.90. The van der Waals surface area contributed by atoms with Crippen molar-refractivity contribution in [2.75, 3.05) is 6.61 Å². The van der Waals surface area contributed by atoms with E-state index < -0.39 is 0 Å². The molecule has 2 saturated carbocycles. The molecular weight excluding hydrogens is 232 g/mol. The summed E-state index contributed by atoms with van der Waals surface area (Å²) in [7, 11) is 0. The molecule has 2 bridgehead atoms. The number of halogens is 1. The lowest BCUT2D eigenvalue weighted by Gasteiger charge is -2.36. The summed E-state index contributed by atoms with van der Waals surface area (Å²) in [6, 6.07) is 8.11. The van der Waals surface area contributed by atoms with Crippen LogP contribution in [0.15, 0.2) is 24.3 Å². The average Bonchev–Trinajstić information content (AvgIpc) is 2.93. The van der Waals surface area contributed by atoms with Crippen LogP contribution in [0.4, 0.5) is 0 Å². The Labute approximate surface area is 108 Å². The lowest BCUT2D eigenvalue weighted by Crippen LogP contribution is -2.34. The van der Waals surface area contributed by atoms with Gasteiger partial charge in [-0.05, 0) is 55.2 Å². The van der Waals surface area contributed by atoms with Crippen LogP contribution in [0, 0.1) is 17.3 Å². The van der Waals surface area contributed by atoms with Gasteiger partial charge in [-0.3, -0.25) is 0 Å². The summed E-state index contributed by atoms with van der Waals surface area (Å²) in [5.41, 5.74) is 1.48. The van der Waals surface area contributed by atoms with E-state index in [9.17, 15) is 5.11 Å². The molecule has 3 unspecified atom stereocenters. The highest BCUT2D eigenvalue weighted by molar-refractivity contribution is 6.30. The topological polar surface area (TPSA) is 20.2 Å². The summed E-state index contributed by atoms with van der Waals surface area (Å²) < 4.78 is 0. The molecule has 2 aliphatic rings. The van der Waals surface area contributed by atoms with Crippen molar-refractivity contribution in [1.29, 1.82) is 0 Å². The second kappa shape index (κ2) is 4.29. The van der Waals surface area contributed by atoms with Gasteiger partial charge in [-0.25, -0.2) is 0 Å². The minimum absolute atomic E-state index is 0.163. The van der Waals surface area contributed by atoms with E-state index in [0.717, 1.165) is 23.3 Å². The van der Waals surface area contributed by atoms with Crippen molar-refractivity contribution >= 4 is 11.6 Å². The number of hydrogen-bond donors (Lipinski definition) is 1. The van der Waals surface area contributed by atoms with Gasteiger partial charge in [-0.15, -0.1) is 0 Å². The number of rotatable bonds is 3. The van der Waals surface area contributed by atoms with E-state index in [1.165, 1.54) is 31.2 Å². The van der Waals surface area contributed by atoms with E-state index in [0.29, 0.717) is 6.61 Å². The first-order valence-corrected chi connectivity index (χ1v) is 6.95. The average molecular weight is 251 g/mol. The van der Waals surface area contributed by atoms with E-state index in [4.69, 9.17) is 11.6 Å². The summed E-state index contributed by atoms with van der Waals surface area (Å²) in [5, 5.41) is 10.6. The smallest absolute Gasteiger partial charge is 0.0493 e. The molecule has 0 aromatic heterocycles. The molecule has 3 atom stereocenters. The van der Waals surface area contributed by atoms with Gasteiger partial charge in [0, 0.05) is 17.0 Å². The third kappa shape index (κ3) is 2.00. The van der Waals surface area contributed by atoms with E-state index in [1.54, 1.807) is 0 Å². The largest absolute Gasteiger partial charge is 0.396 e. The first-order chi connectivity index (χ1) is 8.22. The fourth-order valence-electron chi connectivity index (χ4n) is 4.03. The van der Waals surface area contributed by atoms with Gasteiger partial charge in [0.15, 0.2) is 0 Å². The zero-order chi connectivity index (χ0) is 11.9. The third-order valence-corrected chi connectivity index (χ3v) is 5.14. The van der Waals surface area contributed by atoms with Crippen LogP contribution in [-0.4, -0.2) is 11.7 Å². The molecule has 0 heterocycles. The van der Waals surface area contributed by atoms with E-state index in [1.807, 2.05) is 12.1 Å². The van der Waals surface area contributed by atoms with Gasteiger partial charge in [0.1, 0.15) is 0 Å². The summed E-state index contributed by atoms with van der Waals surface area (Å²) in [5.74, 6) is 1.62. The molecule has 1 nitrogen and oxygen atoms in total. The lowest BCUT2D eigenvalue weighted by atomic mass is 9.70. The van der Waals surface area contributed by atoms with Crippen LogP contribution >= 0.6 is 11.6 Å². The van der Waals surface area contributed by atoms with Crippen molar-refractivity contribution in [1.82, 2.24) is 0 Å². The predicted octanol–water partition coefficient (Wildman–Crippen LogP) is 3.68. The number of aliphatic hydroxyl groups excluding tert-OH is 1. The number of hydrogen-bond acceptors (Lipinski definition) is 1.